The average Bonchev–Trinajstić information content (AvgIpc) is 3.32. The third kappa shape index (κ3) is 4.27. The fourth-order valence-electron chi connectivity index (χ4n) is 3.36. The number of carbonyl (C=O) groups is 1. The van der Waals surface area contributed by atoms with Crippen LogP contribution in [-0.4, -0.2) is 36.1 Å². The molecule has 1 N–H and O–H groups in total. The summed E-state index contributed by atoms with van der Waals surface area (Å²) in [6, 6.07) is 9.70. The number of aromatic nitrogens is 5. The first-order chi connectivity index (χ1) is 16.1. The van der Waals surface area contributed by atoms with Gasteiger partial charge in [-0.1, -0.05) is 11.6 Å². The minimum atomic E-state index is -4.22. The average molecular weight is 492 g/mol. The molecule has 0 spiro atoms. The van der Waals surface area contributed by atoms with Crippen LogP contribution in [0.5, 0.6) is 0 Å². The summed E-state index contributed by atoms with van der Waals surface area (Å²) in [6.45, 7) is -0.983. The normalized spacial score (nSPS) is 13.5. The standard InChI is InChI=1S/C22H14ClF4N5O2/c23-15-4-1-13(2-5-15)20(33)14-3-8-19(28-10-14)22(26,27)21(34,11-32-12-29-30-31-32)17-7-6-16(24)9-18(17)25/h1-10,12,34H,11H2. The van der Waals surface area contributed by atoms with Gasteiger partial charge in [-0.2, -0.15) is 8.78 Å². The molecule has 2 heterocycles. The molecule has 1 atom stereocenters. The number of carbonyl (C=O) groups excluding carboxylic acids is 1. The van der Waals surface area contributed by atoms with Crippen LogP contribution in [0.1, 0.15) is 27.2 Å². The molecule has 4 aromatic rings. The number of halogens is 5. The lowest BCUT2D eigenvalue weighted by Crippen LogP contribution is -2.48. The summed E-state index contributed by atoms with van der Waals surface area (Å²) in [4.78, 5) is 16.3. The topological polar surface area (TPSA) is 93.8 Å². The van der Waals surface area contributed by atoms with E-state index >= 15 is 8.78 Å². The van der Waals surface area contributed by atoms with Gasteiger partial charge in [0.25, 0.3) is 0 Å². The Kier molecular flexibility index (Phi) is 6.15. The van der Waals surface area contributed by atoms with E-state index in [1.807, 2.05) is 0 Å². The third-order valence-corrected chi connectivity index (χ3v) is 5.38. The molecule has 0 amide bonds. The van der Waals surface area contributed by atoms with Crippen LogP contribution >= 0.6 is 11.6 Å². The van der Waals surface area contributed by atoms with E-state index in [2.05, 4.69) is 20.5 Å². The summed E-state index contributed by atoms with van der Waals surface area (Å²) >= 11 is 5.80. The van der Waals surface area contributed by atoms with Gasteiger partial charge in [0.2, 0.25) is 0 Å². The quantitative estimate of drug-likeness (QED) is 0.311. The second-order valence-electron chi connectivity index (χ2n) is 7.33. The van der Waals surface area contributed by atoms with Crippen molar-refractivity contribution in [3.63, 3.8) is 0 Å². The molecule has 0 aliphatic rings. The van der Waals surface area contributed by atoms with Crippen molar-refractivity contribution in [2.24, 2.45) is 0 Å². The van der Waals surface area contributed by atoms with E-state index in [1.165, 1.54) is 24.3 Å². The zero-order chi connectivity index (χ0) is 24.5. The molecule has 0 aliphatic heterocycles. The van der Waals surface area contributed by atoms with E-state index in [0.717, 1.165) is 35.4 Å². The van der Waals surface area contributed by atoms with Gasteiger partial charge in [-0.3, -0.25) is 9.78 Å². The van der Waals surface area contributed by atoms with Crippen molar-refractivity contribution >= 4 is 17.4 Å². The summed E-state index contributed by atoms with van der Waals surface area (Å²) in [5.74, 6) is -7.13. The SMILES string of the molecule is O=C(c1ccc(Cl)cc1)c1ccc(C(F)(F)C(O)(Cn2cnnn2)c2ccc(F)cc2F)nc1. The third-order valence-electron chi connectivity index (χ3n) is 5.13. The molecular formula is C22H14ClF4N5O2. The number of alkyl halides is 2. The van der Waals surface area contributed by atoms with Crippen LogP contribution in [-0.2, 0) is 18.1 Å². The fourth-order valence-corrected chi connectivity index (χ4v) is 3.49. The lowest BCUT2D eigenvalue weighted by atomic mass is 9.84. The van der Waals surface area contributed by atoms with Crippen molar-refractivity contribution in [3.8, 4) is 0 Å². The van der Waals surface area contributed by atoms with E-state index in [1.54, 1.807) is 0 Å². The Balaban J connectivity index is 1.74. The molecule has 0 aliphatic carbocycles. The number of hydrogen-bond donors (Lipinski definition) is 1. The molecule has 1 unspecified atom stereocenters. The molecular weight excluding hydrogens is 478 g/mol. The summed E-state index contributed by atoms with van der Waals surface area (Å²) in [6.07, 6.45) is 1.86. The number of benzene rings is 2. The second kappa shape index (κ2) is 8.92. The Labute approximate surface area is 194 Å². The van der Waals surface area contributed by atoms with Gasteiger partial charge in [0.1, 0.15) is 23.7 Å². The Morgan fingerprint density at radius 2 is 1.74 bits per heavy atom. The Morgan fingerprint density at radius 1 is 1.03 bits per heavy atom. The van der Waals surface area contributed by atoms with Crippen LogP contribution < -0.4 is 0 Å². The Hall–Kier alpha value is -3.70. The number of hydrogen-bond acceptors (Lipinski definition) is 6. The van der Waals surface area contributed by atoms with Crippen LogP contribution in [0.2, 0.25) is 5.02 Å². The monoisotopic (exact) mass is 491 g/mol. The van der Waals surface area contributed by atoms with Gasteiger partial charge >= 0.3 is 5.92 Å². The highest BCUT2D eigenvalue weighted by Gasteiger charge is 2.58. The van der Waals surface area contributed by atoms with Crippen molar-refractivity contribution in [2.45, 2.75) is 18.1 Å². The van der Waals surface area contributed by atoms with Gasteiger partial charge < -0.3 is 5.11 Å². The van der Waals surface area contributed by atoms with Gasteiger partial charge in [-0.25, -0.2) is 13.5 Å². The van der Waals surface area contributed by atoms with Gasteiger partial charge in [0.15, 0.2) is 11.4 Å². The summed E-state index contributed by atoms with van der Waals surface area (Å²) in [5, 5.41) is 21.6. The minimum Gasteiger partial charge on any atom is -0.377 e. The molecule has 0 fully saturated rings. The molecule has 7 nitrogen and oxygen atoms in total. The minimum absolute atomic E-state index is 0.00106. The van der Waals surface area contributed by atoms with E-state index < -0.39 is 46.7 Å². The van der Waals surface area contributed by atoms with Crippen LogP contribution in [0.15, 0.2) is 67.1 Å². The molecule has 4 rings (SSSR count). The maximum atomic E-state index is 15.7. The Morgan fingerprint density at radius 3 is 2.32 bits per heavy atom. The highest BCUT2D eigenvalue weighted by atomic mass is 35.5. The number of tetrazole rings is 1. The summed E-state index contributed by atoms with van der Waals surface area (Å²) in [7, 11) is 0. The van der Waals surface area contributed by atoms with Gasteiger partial charge in [0.05, 0.1) is 6.54 Å². The van der Waals surface area contributed by atoms with Crippen molar-refractivity contribution in [2.75, 3.05) is 0 Å². The number of aliphatic hydroxyl groups is 1. The summed E-state index contributed by atoms with van der Waals surface area (Å²) < 4.78 is 60.1. The fraction of sp³-hybridized carbons (Fsp3) is 0.136. The predicted octanol–water partition coefficient (Wildman–Crippen LogP) is 3.91. The number of ketones is 1. The van der Waals surface area contributed by atoms with Crippen LogP contribution in [0.3, 0.4) is 0 Å². The van der Waals surface area contributed by atoms with Crippen LogP contribution in [0, 0.1) is 11.6 Å². The zero-order valence-corrected chi connectivity index (χ0v) is 17.8. The number of pyridine rings is 1. The maximum Gasteiger partial charge on any atom is 0.323 e. The van der Waals surface area contributed by atoms with E-state index in [0.29, 0.717) is 17.2 Å². The molecule has 0 saturated carbocycles. The molecule has 0 radical (unpaired) electrons. The Bertz CT molecular complexity index is 1320. The smallest absolute Gasteiger partial charge is 0.323 e. The van der Waals surface area contributed by atoms with Crippen molar-refractivity contribution < 1.29 is 27.5 Å². The second-order valence-corrected chi connectivity index (χ2v) is 7.77. The molecule has 2 aromatic heterocycles. The van der Waals surface area contributed by atoms with E-state index in [-0.39, 0.29) is 11.1 Å². The first kappa shape index (κ1) is 23.5. The van der Waals surface area contributed by atoms with Crippen LogP contribution in [0.25, 0.3) is 0 Å². The molecule has 2 aromatic carbocycles. The lowest BCUT2D eigenvalue weighted by molar-refractivity contribution is -0.207. The highest BCUT2D eigenvalue weighted by Crippen LogP contribution is 2.46. The zero-order valence-electron chi connectivity index (χ0n) is 17.0. The first-order valence-corrected chi connectivity index (χ1v) is 10.0. The lowest BCUT2D eigenvalue weighted by Gasteiger charge is -2.35. The molecule has 0 saturated heterocycles. The van der Waals surface area contributed by atoms with E-state index in [4.69, 9.17) is 11.6 Å². The molecule has 174 valence electrons. The van der Waals surface area contributed by atoms with Crippen molar-refractivity contribution in [1.29, 1.82) is 0 Å². The largest absolute Gasteiger partial charge is 0.377 e. The molecule has 12 heteroatoms. The predicted molar refractivity (Wildman–Crippen MR) is 111 cm³/mol. The number of rotatable bonds is 7. The summed E-state index contributed by atoms with van der Waals surface area (Å²) in [5.41, 5.74) is -4.86. The van der Waals surface area contributed by atoms with E-state index in [9.17, 15) is 18.7 Å². The van der Waals surface area contributed by atoms with Gasteiger partial charge in [-0.15, -0.1) is 5.10 Å². The molecule has 34 heavy (non-hydrogen) atoms. The number of nitrogens with zero attached hydrogens (tertiary/aromatic N) is 5. The van der Waals surface area contributed by atoms with Gasteiger partial charge in [0, 0.05) is 34.0 Å². The highest BCUT2D eigenvalue weighted by molar-refractivity contribution is 6.30. The van der Waals surface area contributed by atoms with Gasteiger partial charge in [-0.05, 0) is 59.0 Å². The van der Waals surface area contributed by atoms with Crippen molar-refractivity contribution in [3.05, 3.63) is 106 Å². The van der Waals surface area contributed by atoms with Crippen molar-refractivity contribution in [1.82, 2.24) is 25.2 Å². The first-order valence-electron chi connectivity index (χ1n) is 9.65. The van der Waals surface area contributed by atoms with Crippen LogP contribution in [0.4, 0.5) is 17.6 Å². The molecule has 0 bridgehead atoms. The maximum absolute atomic E-state index is 15.7.